The fraction of sp³-hybridized carbons (Fsp3) is 0.235. The Kier molecular flexibility index (Phi) is 4.13. The van der Waals surface area contributed by atoms with Crippen molar-refractivity contribution in [2.24, 2.45) is 0 Å². The van der Waals surface area contributed by atoms with E-state index in [-0.39, 0.29) is 17.2 Å². The van der Waals surface area contributed by atoms with Crippen molar-refractivity contribution in [3.8, 4) is 6.07 Å². The van der Waals surface area contributed by atoms with Crippen LogP contribution in [0.5, 0.6) is 0 Å². The summed E-state index contributed by atoms with van der Waals surface area (Å²) in [6.45, 7) is 2.41. The van der Waals surface area contributed by atoms with Gasteiger partial charge in [0.15, 0.2) is 5.78 Å². The second-order valence-electron chi connectivity index (χ2n) is 5.31. The van der Waals surface area contributed by atoms with Crippen molar-refractivity contribution in [3.05, 3.63) is 56.8 Å². The topological polar surface area (TPSA) is 67.8 Å². The molecule has 0 fully saturated rings. The van der Waals surface area contributed by atoms with Crippen LogP contribution in [0.2, 0.25) is 0 Å². The highest BCUT2D eigenvalue weighted by molar-refractivity contribution is 7.07. The number of nitrogens with zero attached hydrogens (tertiary/aromatic N) is 3. The van der Waals surface area contributed by atoms with Crippen LogP contribution in [0.15, 0.2) is 40.6 Å². The lowest BCUT2D eigenvalue weighted by molar-refractivity contribution is 0.0972. The molecule has 116 valence electrons. The third-order valence-electron chi connectivity index (χ3n) is 3.83. The van der Waals surface area contributed by atoms with Crippen molar-refractivity contribution in [3.63, 3.8) is 0 Å². The van der Waals surface area contributed by atoms with Crippen LogP contribution in [0.1, 0.15) is 22.5 Å². The van der Waals surface area contributed by atoms with Gasteiger partial charge in [0, 0.05) is 40.3 Å². The van der Waals surface area contributed by atoms with Gasteiger partial charge in [0.05, 0.1) is 19.0 Å². The van der Waals surface area contributed by atoms with Crippen LogP contribution in [-0.2, 0) is 13.1 Å². The zero-order valence-corrected chi connectivity index (χ0v) is 13.5. The van der Waals surface area contributed by atoms with Crippen molar-refractivity contribution < 1.29 is 4.79 Å². The van der Waals surface area contributed by atoms with E-state index in [0.717, 1.165) is 27.9 Å². The van der Waals surface area contributed by atoms with Gasteiger partial charge in [0.2, 0.25) is 0 Å². The van der Waals surface area contributed by atoms with E-state index >= 15 is 0 Å². The van der Waals surface area contributed by atoms with Crippen LogP contribution >= 0.6 is 11.3 Å². The molecule has 0 aliphatic rings. The van der Waals surface area contributed by atoms with Crippen LogP contribution in [0, 0.1) is 18.3 Å². The summed E-state index contributed by atoms with van der Waals surface area (Å²) in [6, 6.07) is 9.75. The van der Waals surface area contributed by atoms with E-state index in [1.165, 1.54) is 4.57 Å². The zero-order valence-electron chi connectivity index (χ0n) is 12.7. The van der Waals surface area contributed by atoms with E-state index in [1.807, 2.05) is 35.8 Å². The van der Waals surface area contributed by atoms with Crippen LogP contribution in [0.4, 0.5) is 0 Å². The lowest BCUT2D eigenvalue weighted by Crippen LogP contribution is -2.20. The van der Waals surface area contributed by atoms with Gasteiger partial charge in [-0.05, 0) is 13.0 Å². The van der Waals surface area contributed by atoms with Crippen LogP contribution in [-0.4, -0.2) is 14.9 Å². The van der Waals surface area contributed by atoms with Crippen molar-refractivity contribution >= 4 is 28.0 Å². The standard InChI is InChI=1S/C17H15N3O2S/c1-12-11-23-17(22)20(12)10-16(21)14-9-19(8-4-7-18)15-6-3-2-5-13(14)15/h2-3,5-6,9,11H,4,8,10H2,1H3. The highest BCUT2D eigenvalue weighted by Crippen LogP contribution is 2.22. The van der Waals surface area contributed by atoms with Crippen molar-refractivity contribution in [1.29, 1.82) is 5.26 Å². The molecular formula is C17H15N3O2S. The molecule has 3 rings (SSSR count). The Morgan fingerprint density at radius 3 is 2.83 bits per heavy atom. The first-order chi connectivity index (χ1) is 11.1. The molecule has 3 aromatic rings. The minimum atomic E-state index is -0.121. The number of ketones is 1. The molecule has 0 amide bonds. The molecule has 0 aliphatic carbocycles. The predicted octanol–water partition coefficient (Wildman–Crippen LogP) is 2.97. The number of carbonyl (C=O) groups is 1. The number of hydrogen-bond donors (Lipinski definition) is 0. The maximum absolute atomic E-state index is 12.7. The van der Waals surface area contributed by atoms with Crippen molar-refractivity contribution in [2.75, 3.05) is 0 Å². The molecule has 0 saturated heterocycles. The Morgan fingerprint density at radius 2 is 2.13 bits per heavy atom. The lowest BCUT2D eigenvalue weighted by atomic mass is 10.1. The third kappa shape index (κ3) is 2.83. The van der Waals surface area contributed by atoms with Crippen LogP contribution in [0.3, 0.4) is 0 Å². The number of nitriles is 1. The number of thiazole rings is 1. The van der Waals surface area contributed by atoms with Gasteiger partial charge in [0.25, 0.3) is 0 Å². The van der Waals surface area contributed by atoms with E-state index in [4.69, 9.17) is 5.26 Å². The molecule has 0 saturated carbocycles. The van der Waals surface area contributed by atoms with Crippen molar-refractivity contribution in [2.45, 2.75) is 26.4 Å². The molecule has 0 unspecified atom stereocenters. The molecule has 0 radical (unpaired) electrons. The van der Waals surface area contributed by atoms with Gasteiger partial charge >= 0.3 is 4.87 Å². The van der Waals surface area contributed by atoms with Gasteiger partial charge in [-0.2, -0.15) is 5.26 Å². The first kappa shape index (κ1) is 15.3. The number of benzene rings is 1. The zero-order chi connectivity index (χ0) is 16.4. The molecule has 0 N–H and O–H groups in total. The Morgan fingerprint density at radius 1 is 1.35 bits per heavy atom. The average molecular weight is 325 g/mol. The molecule has 0 bridgehead atoms. The number of hydrogen-bond acceptors (Lipinski definition) is 4. The number of rotatable bonds is 5. The molecule has 2 aromatic heterocycles. The molecule has 6 heteroatoms. The largest absolute Gasteiger partial charge is 0.346 e. The molecule has 23 heavy (non-hydrogen) atoms. The predicted molar refractivity (Wildman–Crippen MR) is 89.8 cm³/mol. The van der Waals surface area contributed by atoms with Gasteiger partial charge in [-0.3, -0.25) is 14.2 Å². The molecule has 0 atom stereocenters. The maximum Gasteiger partial charge on any atom is 0.307 e. The normalized spacial score (nSPS) is 10.8. The first-order valence-electron chi connectivity index (χ1n) is 7.24. The quantitative estimate of drug-likeness (QED) is 0.677. The lowest BCUT2D eigenvalue weighted by Gasteiger charge is -2.02. The molecular weight excluding hydrogens is 310 g/mol. The fourth-order valence-electron chi connectivity index (χ4n) is 2.65. The fourth-order valence-corrected chi connectivity index (χ4v) is 3.38. The number of aromatic nitrogens is 2. The molecule has 0 aliphatic heterocycles. The second-order valence-corrected chi connectivity index (χ2v) is 6.13. The summed E-state index contributed by atoms with van der Waals surface area (Å²) in [6.07, 6.45) is 2.17. The highest BCUT2D eigenvalue weighted by Gasteiger charge is 2.16. The van der Waals surface area contributed by atoms with Gasteiger partial charge in [0.1, 0.15) is 0 Å². The smallest absolute Gasteiger partial charge is 0.307 e. The van der Waals surface area contributed by atoms with Gasteiger partial charge in [-0.25, -0.2) is 0 Å². The summed E-state index contributed by atoms with van der Waals surface area (Å²) in [5.74, 6) is -0.0968. The number of carbonyl (C=O) groups excluding carboxylic acids is 1. The van der Waals surface area contributed by atoms with E-state index in [1.54, 1.807) is 11.6 Å². The van der Waals surface area contributed by atoms with Crippen LogP contribution < -0.4 is 4.87 Å². The van der Waals surface area contributed by atoms with E-state index in [9.17, 15) is 9.59 Å². The summed E-state index contributed by atoms with van der Waals surface area (Å²) in [4.78, 5) is 24.4. The summed E-state index contributed by atoms with van der Waals surface area (Å²) in [5.41, 5.74) is 2.32. The van der Waals surface area contributed by atoms with Gasteiger partial charge in [-0.1, -0.05) is 29.5 Å². The summed E-state index contributed by atoms with van der Waals surface area (Å²) in [7, 11) is 0. The first-order valence-corrected chi connectivity index (χ1v) is 8.12. The van der Waals surface area contributed by atoms with Gasteiger partial charge < -0.3 is 4.57 Å². The highest BCUT2D eigenvalue weighted by atomic mass is 32.1. The van der Waals surface area contributed by atoms with Crippen LogP contribution in [0.25, 0.3) is 10.9 Å². The van der Waals surface area contributed by atoms with E-state index in [0.29, 0.717) is 18.5 Å². The Labute approximate surface area is 137 Å². The molecule has 2 heterocycles. The third-order valence-corrected chi connectivity index (χ3v) is 4.71. The monoisotopic (exact) mass is 325 g/mol. The Hall–Kier alpha value is -2.65. The summed E-state index contributed by atoms with van der Waals surface area (Å²) in [5, 5.41) is 11.4. The average Bonchev–Trinajstić information content (AvgIpc) is 3.08. The Bertz CT molecular complexity index is 972. The molecule has 5 nitrogen and oxygen atoms in total. The number of fused-ring (bicyclic) bond motifs is 1. The molecule has 1 aromatic carbocycles. The summed E-state index contributed by atoms with van der Waals surface area (Å²) < 4.78 is 3.42. The summed E-state index contributed by atoms with van der Waals surface area (Å²) >= 11 is 1.10. The minimum absolute atomic E-state index is 0.0421. The molecule has 0 spiro atoms. The maximum atomic E-state index is 12.7. The number of aryl methyl sites for hydroxylation is 2. The Balaban J connectivity index is 2.01. The van der Waals surface area contributed by atoms with E-state index < -0.39 is 0 Å². The number of Topliss-reactive ketones (excluding diaryl/α,β-unsaturated/α-hetero) is 1. The van der Waals surface area contributed by atoms with Crippen molar-refractivity contribution in [1.82, 2.24) is 9.13 Å². The minimum Gasteiger partial charge on any atom is -0.346 e. The SMILES string of the molecule is Cc1csc(=O)n1CC(=O)c1cn(CCC#N)c2ccccc12. The van der Waals surface area contributed by atoms with Gasteiger partial charge in [-0.15, -0.1) is 0 Å². The van der Waals surface area contributed by atoms with E-state index in [2.05, 4.69) is 6.07 Å². The second kappa shape index (κ2) is 6.23. The number of para-hydroxylation sites is 1.